The molecule has 1 aliphatic heterocycles. The van der Waals surface area contributed by atoms with Gasteiger partial charge in [-0.3, -0.25) is 0 Å². The smallest absolute Gasteiger partial charge is 0.111 e. The standard InChI is InChI=1S/C14H26N2O/c1-15-13(12-8-4-7-11-17-12)14(16(2)3)9-5-6-10-14/h8,13,15H,4-7,9-11H2,1-3H3. The molecule has 1 N–H and O–H groups in total. The van der Waals surface area contributed by atoms with Crippen molar-refractivity contribution in [3.63, 3.8) is 0 Å². The molecular weight excluding hydrogens is 212 g/mol. The maximum Gasteiger partial charge on any atom is 0.111 e. The van der Waals surface area contributed by atoms with Crippen LogP contribution in [0.2, 0.25) is 0 Å². The quantitative estimate of drug-likeness (QED) is 0.812. The lowest BCUT2D eigenvalue weighted by molar-refractivity contribution is 0.0745. The van der Waals surface area contributed by atoms with Gasteiger partial charge in [0.1, 0.15) is 5.76 Å². The van der Waals surface area contributed by atoms with E-state index in [9.17, 15) is 0 Å². The molecule has 17 heavy (non-hydrogen) atoms. The van der Waals surface area contributed by atoms with Crippen LogP contribution in [0.15, 0.2) is 11.8 Å². The Kier molecular flexibility index (Phi) is 4.10. The van der Waals surface area contributed by atoms with Crippen molar-refractivity contribution in [1.29, 1.82) is 0 Å². The Morgan fingerprint density at radius 1 is 1.29 bits per heavy atom. The molecule has 1 aliphatic carbocycles. The summed E-state index contributed by atoms with van der Waals surface area (Å²) in [6.07, 6.45) is 9.83. The van der Waals surface area contributed by atoms with E-state index in [1.54, 1.807) is 0 Å². The van der Waals surface area contributed by atoms with Crippen molar-refractivity contribution in [2.45, 2.75) is 50.1 Å². The number of likely N-dealkylation sites (N-methyl/N-ethyl adjacent to an activating group) is 2. The summed E-state index contributed by atoms with van der Waals surface area (Å²) in [6.45, 7) is 0.882. The predicted octanol–water partition coefficient (Wildman–Crippen LogP) is 2.14. The Morgan fingerprint density at radius 2 is 2.00 bits per heavy atom. The highest BCUT2D eigenvalue weighted by molar-refractivity contribution is 5.17. The van der Waals surface area contributed by atoms with E-state index in [-0.39, 0.29) is 5.54 Å². The van der Waals surface area contributed by atoms with Crippen LogP contribution in [0.3, 0.4) is 0 Å². The van der Waals surface area contributed by atoms with Crippen LogP contribution in [0, 0.1) is 0 Å². The Labute approximate surface area is 105 Å². The molecule has 2 aliphatic rings. The molecule has 0 saturated heterocycles. The molecule has 98 valence electrons. The number of nitrogens with zero attached hydrogens (tertiary/aromatic N) is 1. The average Bonchev–Trinajstić information content (AvgIpc) is 2.82. The molecule has 0 amide bonds. The van der Waals surface area contributed by atoms with E-state index in [0.29, 0.717) is 6.04 Å². The maximum absolute atomic E-state index is 5.89. The summed E-state index contributed by atoms with van der Waals surface area (Å²) in [7, 11) is 6.48. The lowest BCUT2D eigenvalue weighted by atomic mass is 9.84. The Hall–Kier alpha value is -0.540. The summed E-state index contributed by atoms with van der Waals surface area (Å²) in [4.78, 5) is 2.40. The second kappa shape index (κ2) is 5.40. The molecule has 0 aromatic heterocycles. The number of allylic oxidation sites excluding steroid dienone is 1. The largest absolute Gasteiger partial charge is 0.497 e. The molecule has 0 bridgehead atoms. The first-order valence-corrected chi connectivity index (χ1v) is 6.88. The van der Waals surface area contributed by atoms with Gasteiger partial charge in [0, 0.05) is 5.54 Å². The molecule has 0 aromatic rings. The Bertz CT molecular complexity index is 280. The van der Waals surface area contributed by atoms with Crippen LogP contribution in [0.5, 0.6) is 0 Å². The number of rotatable bonds is 4. The van der Waals surface area contributed by atoms with Gasteiger partial charge in [0.2, 0.25) is 0 Å². The van der Waals surface area contributed by atoms with Crippen LogP contribution in [0.1, 0.15) is 38.5 Å². The van der Waals surface area contributed by atoms with E-state index in [0.717, 1.165) is 19.4 Å². The molecule has 3 nitrogen and oxygen atoms in total. The lowest BCUT2D eigenvalue weighted by Crippen LogP contribution is -2.58. The molecule has 2 rings (SSSR count). The van der Waals surface area contributed by atoms with Crippen molar-refractivity contribution in [2.75, 3.05) is 27.7 Å². The van der Waals surface area contributed by atoms with Crippen LogP contribution < -0.4 is 5.32 Å². The van der Waals surface area contributed by atoms with Crippen molar-refractivity contribution >= 4 is 0 Å². The van der Waals surface area contributed by atoms with E-state index in [1.807, 2.05) is 0 Å². The zero-order chi connectivity index (χ0) is 12.3. The molecule has 3 heteroatoms. The summed E-state index contributed by atoms with van der Waals surface area (Å²) in [5.41, 5.74) is 0.248. The lowest BCUT2D eigenvalue weighted by Gasteiger charge is -2.44. The van der Waals surface area contributed by atoms with Crippen molar-refractivity contribution in [1.82, 2.24) is 10.2 Å². The van der Waals surface area contributed by atoms with Gasteiger partial charge in [0.25, 0.3) is 0 Å². The minimum Gasteiger partial charge on any atom is -0.497 e. The van der Waals surface area contributed by atoms with E-state index >= 15 is 0 Å². The van der Waals surface area contributed by atoms with Gasteiger partial charge in [-0.15, -0.1) is 0 Å². The van der Waals surface area contributed by atoms with Crippen molar-refractivity contribution in [3.05, 3.63) is 11.8 Å². The van der Waals surface area contributed by atoms with Crippen molar-refractivity contribution in [2.24, 2.45) is 0 Å². The minimum absolute atomic E-state index is 0.248. The summed E-state index contributed by atoms with van der Waals surface area (Å²) < 4.78 is 5.89. The van der Waals surface area contributed by atoms with Crippen LogP contribution in [-0.2, 0) is 4.74 Å². The molecule has 1 unspecified atom stereocenters. The molecule has 0 radical (unpaired) electrons. The third-order valence-electron chi connectivity index (χ3n) is 4.43. The highest BCUT2D eigenvalue weighted by Gasteiger charge is 2.45. The van der Waals surface area contributed by atoms with E-state index in [4.69, 9.17) is 4.74 Å². The highest BCUT2D eigenvalue weighted by Crippen LogP contribution is 2.39. The van der Waals surface area contributed by atoms with Crippen LogP contribution in [0.4, 0.5) is 0 Å². The van der Waals surface area contributed by atoms with E-state index < -0.39 is 0 Å². The van der Waals surface area contributed by atoms with Gasteiger partial charge in [-0.05, 0) is 52.9 Å². The molecule has 0 spiro atoms. The van der Waals surface area contributed by atoms with Crippen LogP contribution in [0.25, 0.3) is 0 Å². The monoisotopic (exact) mass is 238 g/mol. The predicted molar refractivity (Wildman–Crippen MR) is 71.0 cm³/mol. The zero-order valence-electron chi connectivity index (χ0n) is 11.5. The fourth-order valence-electron chi connectivity index (χ4n) is 3.43. The van der Waals surface area contributed by atoms with Gasteiger partial charge in [-0.1, -0.05) is 12.8 Å². The second-order valence-electron chi connectivity index (χ2n) is 5.52. The average molecular weight is 238 g/mol. The first-order chi connectivity index (χ1) is 8.20. The van der Waals surface area contributed by atoms with E-state index in [2.05, 4.69) is 37.4 Å². The number of hydrogen-bond acceptors (Lipinski definition) is 3. The molecule has 1 fully saturated rings. The number of nitrogens with one attached hydrogen (secondary N) is 1. The van der Waals surface area contributed by atoms with Crippen molar-refractivity contribution in [3.8, 4) is 0 Å². The summed E-state index contributed by atoms with van der Waals surface area (Å²) in [6, 6.07) is 0.348. The zero-order valence-corrected chi connectivity index (χ0v) is 11.5. The maximum atomic E-state index is 5.89. The minimum atomic E-state index is 0.248. The van der Waals surface area contributed by atoms with Gasteiger partial charge in [0.15, 0.2) is 0 Å². The number of ether oxygens (including phenoxy) is 1. The fraction of sp³-hybridized carbons (Fsp3) is 0.857. The normalized spacial score (nSPS) is 25.5. The van der Waals surface area contributed by atoms with Gasteiger partial charge in [0.05, 0.1) is 12.6 Å². The molecule has 1 saturated carbocycles. The van der Waals surface area contributed by atoms with Crippen LogP contribution >= 0.6 is 0 Å². The fourth-order valence-corrected chi connectivity index (χ4v) is 3.43. The molecule has 1 heterocycles. The first-order valence-electron chi connectivity index (χ1n) is 6.88. The summed E-state index contributed by atoms with van der Waals surface area (Å²) >= 11 is 0. The summed E-state index contributed by atoms with van der Waals surface area (Å²) in [5, 5.41) is 3.50. The molecule has 1 atom stereocenters. The SMILES string of the molecule is CNC(C1=CCCCO1)C1(N(C)C)CCCC1. The first kappa shape index (κ1) is 12.9. The van der Waals surface area contributed by atoms with E-state index in [1.165, 1.54) is 31.4 Å². The van der Waals surface area contributed by atoms with Crippen LogP contribution in [-0.4, -0.2) is 44.2 Å². The van der Waals surface area contributed by atoms with Gasteiger partial charge in [-0.25, -0.2) is 0 Å². The number of hydrogen-bond donors (Lipinski definition) is 1. The Morgan fingerprint density at radius 3 is 2.47 bits per heavy atom. The van der Waals surface area contributed by atoms with Gasteiger partial charge in [-0.2, -0.15) is 0 Å². The molecular formula is C14H26N2O. The van der Waals surface area contributed by atoms with Gasteiger partial charge >= 0.3 is 0 Å². The highest BCUT2D eigenvalue weighted by atomic mass is 16.5. The topological polar surface area (TPSA) is 24.5 Å². The third-order valence-corrected chi connectivity index (χ3v) is 4.43. The van der Waals surface area contributed by atoms with Gasteiger partial charge < -0.3 is 15.0 Å². The summed E-state index contributed by atoms with van der Waals surface area (Å²) in [5.74, 6) is 1.18. The Balaban J connectivity index is 2.22. The third kappa shape index (κ3) is 2.36. The van der Waals surface area contributed by atoms with Crippen molar-refractivity contribution < 1.29 is 4.74 Å². The second-order valence-corrected chi connectivity index (χ2v) is 5.52. The molecule has 0 aromatic carbocycles.